The molecule has 1 aliphatic heterocycles. The van der Waals surface area contributed by atoms with Crippen LogP contribution in [0.15, 0.2) is 42.5 Å². The Hall–Kier alpha value is -1.38. The van der Waals surface area contributed by atoms with Crippen molar-refractivity contribution >= 4 is 10.8 Å². The Labute approximate surface area is 88.4 Å². The summed E-state index contributed by atoms with van der Waals surface area (Å²) >= 11 is 0. The van der Waals surface area contributed by atoms with E-state index in [2.05, 4.69) is 24.3 Å². The van der Waals surface area contributed by atoms with Crippen LogP contribution in [0.5, 0.6) is 0 Å². The van der Waals surface area contributed by atoms with E-state index >= 15 is 0 Å². The fourth-order valence-electron chi connectivity index (χ4n) is 2.01. The van der Waals surface area contributed by atoms with Crippen LogP contribution < -0.4 is 0 Å². The second-order valence-corrected chi connectivity index (χ2v) is 3.77. The molecule has 0 saturated carbocycles. The van der Waals surface area contributed by atoms with Gasteiger partial charge in [0.2, 0.25) is 5.79 Å². The summed E-state index contributed by atoms with van der Waals surface area (Å²) < 4.78 is 10.8. The molecule has 1 atom stereocenters. The monoisotopic (exact) mass is 200 g/mol. The first kappa shape index (κ1) is 8.89. The van der Waals surface area contributed by atoms with Gasteiger partial charge in [0, 0.05) is 12.7 Å². The summed E-state index contributed by atoms with van der Waals surface area (Å²) in [5.41, 5.74) is 1.13. The normalized spacial score (nSPS) is 24.3. The number of benzene rings is 2. The molecule has 1 heterocycles. The van der Waals surface area contributed by atoms with Crippen LogP contribution in [0, 0.1) is 0 Å². The van der Waals surface area contributed by atoms with E-state index in [1.54, 1.807) is 7.11 Å². The molecule has 0 amide bonds. The zero-order chi connectivity index (χ0) is 10.3. The van der Waals surface area contributed by atoms with Crippen molar-refractivity contribution in [3.8, 4) is 0 Å². The van der Waals surface area contributed by atoms with Gasteiger partial charge in [0.25, 0.3) is 0 Å². The molecule has 0 bridgehead atoms. The molecule has 1 saturated heterocycles. The maximum Gasteiger partial charge on any atom is 0.219 e. The van der Waals surface area contributed by atoms with Crippen molar-refractivity contribution in [2.75, 3.05) is 13.7 Å². The van der Waals surface area contributed by atoms with Crippen LogP contribution in [0.2, 0.25) is 0 Å². The van der Waals surface area contributed by atoms with Gasteiger partial charge < -0.3 is 9.47 Å². The zero-order valence-corrected chi connectivity index (χ0v) is 8.57. The summed E-state index contributed by atoms with van der Waals surface area (Å²) in [5, 5.41) is 2.43. The summed E-state index contributed by atoms with van der Waals surface area (Å²) in [6, 6.07) is 14.5. The Morgan fingerprint density at radius 3 is 2.60 bits per heavy atom. The standard InChI is InChI=1S/C13H12O2/c1-14-13(9-15-13)12-8-4-6-10-5-2-3-7-11(10)12/h2-8H,9H2,1H3. The van der Waals surface area contributed by atoms with Crippen molar-refractivity contribution in [3.05, 3.63) is 48.0 Å². The largest absolute Gasteiger partial charge is 0.347 e. The number of rotatable bonds is 2. The summed E-state index contributed by atoms with van der Waals surface area (Å²) in [6.45, 7) is 0.650. The molecule has 2 nitrogen and oxygen atoms in total. The summed E-state index contributed by atoms with van der Waals surface area (Å²) in [7, 11) is 1.69. The van der Waals surface area contributed by atoms with E-state index in [0.29, 0.717) is 6.61 Å². The van der Waals surface area contributed by atoms with E-state index in [4.69, 9.17) is 9.47 Å². The predicted octanol–water partition coefficient (Wildman–Crippen LogP) is 2.67. The lowest BCUT2D eigenvalue weighted by Gasteiger charge is -2.12. The van der Waals surface area contributed by atoms with Crippen LogP contribution in [0.1, 0.15) is 5.56 Å². The minimum atomic E-state index is -0.485. The Morgan fingerprint density at radius 1 is 1.13 bits per heavy atom. The molecule has 2 aromatic carbocycles. The lowest BCUT2D eigenvalue weighted by Crippen LogP contribution is -2.11. The fraction of sp³-hybridized carbons (Fsp3) is 0.231. The number of hydrogen-bond acceptors (Lipinski definition) is 2. The Morgan fingerprint density at radius 2 is 1.87 bits per heavy atom. The molecule has 0 N–H and O–H groups in total. The lowest BCUT2D eigenvalue weighted by molar-refractivity contribution is -0.0126. The van der Waals surface area contributed by atoms with Crippen molar-refractivity contribution in [1.29, 1.82) is 0 Å². The number of methoxy groups -OCH3 is 1. The highest BCUT2D eigenvalue weighted by Gasteiger charge is 2.48. The van der Waals surface area contributed by atoms with E-state index in [0.717, 1.165) is 5.56 Å². The van der Waals surface area contributed by atoms with E-state index in [9.17, 15) is 0 Å². The molecule has 0 radical (unpaired) electrons. The van der Waals surface area contributed by atoms with Crippen molar-refractivity contribution < 1.29 is 9.47 Å². The van der Waals surface area contributed by atoms with E-state index < -0.39 is 5.79 Å². The van der Waals surface area contributed by atoms with Gasteiger partial charge in [-0.25, -0.2) is 0 Å². The van der Waals surface area contributed by atoms with Gasteiger partial charge in [0.1, 0.15) is 6.61 Å². The van der Waals surface area contributed by atoms with Crippen LogP contribution in [0.25, 0.3) is 10.8 Å². The van der Waals surface area contributed by atoms with Crippen LogP contribution in [0.3, 0.4) is 0 Å². The van der Waals surface area contributed by atoms with Gasteiger partial charge in [-0.3, -0.25) is 0 Å². The molecule has 2 heteroatoms. The molecule has 2 aromatic rings. The molecule has 1 aliphatic rings. The molecular weight excluding hydrogens is 188 g/mol. The maximum atomic E-state index is 5.42. The second-order valence-electron chi connectivity index (χ2n) is 3.77. The second kappa shape index (κ2) is 3.05. The first-order valence-corrected chi connectivity index (χ1v) is 5.03. The number of fused-ring (bicyclic) bond motifs is 1. The number of epoxide rings is 1. The first-order chi connectivity index (χ1) is 7.36. The quantitative estimate of drug-likeness (QED) is 0.695. The summed E-state index contributed by atoms with van der Waals surface area (Å²) in [6.07, 6.45) is 0. The molecule has 0 aliphatic carbocycles. The molecule has 1 unspecified atom stereocenters. The predicted molar refractivity (Wildman–Crippen MR) is 58.6 cm³/mol. The topological polar surface area (TPSA) is 21.8 Å². The molecule has 0 aromatic heterocycles. The highest BCUT2D eigenvalue weighted by Crippen LogP contribution is 2.42. The van der Waals surface area contributed by atoms with Gasteiger partial charge in [0.05, 0.1) is 0 Å². The molecule has 15 heavy (non-hydrogen) atoms. The van der Waals surface area contributed by atoms with Crippen molar-refractivity contribution in [2.24, 2.45) is 0 Å². The Kier molecular flexibility index (Phi) is 1.81. The van der Waals surface area contributed by atoms with Crippen molar-refractivity contribution in [2.45, 2.75) is 5.79 Å². The van der Waals surface area contributed by atoms with Gasteiger partial charge in [-0.2, -0.15) is 0 Å². The highest BCUT2D eigenvalue weighted by atomic mass is 16.8. The molecule has 0 spiro atoms. The van der Waals surface area contributed by atoms with Gasteiger partial charge in [-0.15, -0.1) is 0 Å². The van der Waals surface area contributed by atoms with E-state index in [1.165, 1.54) is 10.8 Å². The van der Waals surface area contributed by atoms with Gasteiger partial charge in [0.15, 0.2) is 0 Å². The third-order valence-corrected chi connectivity index (χ3v) is 2.94. The molecule has 1 fully saturated rings. The number of hydrogen-bond donors (Lipinski definition) is 0. The third-order valence-electron chi connectivity index (χ3n) is 2.94. The van der Waals surface area contributed by atoms with Crippen molar-refractivity contribution in [3.63, 3.8) is 0 Å². The fourth-order valence-corrected chi connectivity index (χ4v) is 2.01. The lowest BCUT2D eigenvalue weighted by atomic mass is 10.0. The third kappa shape index (κ3) is 1.26. The smallest absolute Gasteiger partial charge is 0.219 e. The first-order valence-electron chi connectivity index (χ1n) is 5.03. The van der Waals surface area contributed by atoms with Crippen LogP contribution >= 0.6 is 0 Å². The Balaban J connectivity index is 2.27. The van der Waals surface area contributed by atoms with Gasteiger partial charge >= 0.3 is 0 Å². The highest BCUT2D eigenvalue weighted by molar-refractivity contribution is 5.86. The van der Waals surface area contributed by atoms with Crippen LogP contribution in [0.4, 0.5) is 0 Å². The molecule has 76 valence electrons. The van der Waals surface area contributed by atoms with E-state index in [1.807, 2.05) is 18.2 Å². The Bertz CT molecular complexity index is 495. The number of ether oxygens (including phenoxy) is 2. The average molecular weight is 200 g/mol. The minimum absolute atomic E-state index is 0.485. The van der Waals surface area contributed by atoms with Crippen LogP contribution in [-0.4, -0.2) is 13.7 Å². The molecule has 3 rings (SSSR count). The van der Waals surface area contributed by atoms with Crippen LogP contribution in [-0.2, 0) is 15.3 Å². The minimum Gasteiger partial charge on any atom is -0.347 e. The summed E-state index contributed by atoms with van der Waals surface area (Å²) in [4.78, 5) is 0. The van der Waals surface area contributed by atoms with Gasteiger partial charge in [-0.05, 0) is 10.8 Å². The zero-order valence-electron chi connectivity index (χ0n) is 8.57. The average Bonchev–Trinajstić information content (AvgIpc) is 3.09. The van der Waals surface area contributed by atoms with E-state index in [-0.39, 0.29) is 0 Å². The van der Waals surface area contributed by atoms with Gasteiger partial charge in [-0.1, -0.05) is 42.5 Å². The van der Waals surface area contributed by atoms with Crippen molar-refractivity contribution in [1.82, 2.24) is 0 Å². The SMILES string of the molecule is COC1(c2cccc3ccccc23)CO1. The maximum absolute atomic E-state index is 5.42. The molecular formula is C13H12O2. The summed E-state index contributed by atoms with van der Waals surface area (Å²) in [5.74, 6) is -0.485.